The van der Waals surface area contributed by atoms with E-state index >= 15 is 0 Å². The van der Waals surface area contributed by atoms with Crippen molar-refractivity contribution in [1.82, 2.24) is 20.0 Å². The standard InChI is InChI=1S/C13H26N4O2.2ClH/c1-14-5-6-16(4)13(19)11-9-12(18)17(10-11)8-7-15(2)3;;/h11,14H,5-10H2,1-4H3;2*1H. The van der Waals surface area contributed by atoms with Crippen LogP contribution in [0.4, 0.5) is 0 Å². The molecule has 1 atom stereocenters. The van der Waals surface area contributed by atoms with Crippen molar-refractivity contribution in [3.63, 3.8) is 0 Å². The number of likely N-dealkylation sites (tertiary alicyclic amines) is 1. The van der Waals surface area contributed by atoms with Crippen LogP contribution in [-0.2, 0) is 9.59 Å². The first-order valence-electron chi connectivity index (χ1n) is 6.77. The van der Waals surface area contributed by atoms with Gasteiger partial charge in [0.25, 0.3) is 0 Å². The highest BCUT2D eigenvalue weighted by atomic mass is 35.5. The highest BCUT2D eigenvalue weighted by Gasteiger charge is 2.35. The molecule has 1 aliphatic rings. The number of likely N-dealkylation sites (N-methyl/N-ethyl adjacent to an activating group) is 3. The van der Waals surface area contributed by atoms with E-state index in [4.69, 9.17) is 0 Å². The van der Waals surface area contributed by atoms with Gasteiger partial charge in [-0.1, -0.05) is 0 Å². The molecule has 0 bridgehead atoms. The van der Waals surface area contributed by atoms with E-state index in [1.165, 1.54) is 0 Å². The molecule has 0 aliphatic carbocycles. The first kappa shape index (κ1) is 22.7. The van der Waals surface area contributed by atoms with Crippen LogP contribution in [-0.4, -0.2) is 87.4 Å². The van der Waals surface area contributed by atoms with Crippen molar-refractivity contribution in [2.45, 2.75) is 6.42 Å². The van der Waals surface area contributed by atoms with Gasteiger partial charge >= 0.3 is 0 Å². The van der Waals surface area contributed by atoms with Gasteiger partial charge in [-0.05, 0) is 21.1 Å². The molecule has 0 aromatic carbocycles. The summed E-state index contributed by atoms with van der Waals surface area (Å²) in [7, 11) is 7.62. The number of amides is 2. The Morgan fingerprint density at radius 1 is 1.29 bits per heavy atom. The molecule has 0 aromatic rings. The predicted octanol–water partition coefficient (Wildman–Crippen LogP) is -0.0821. The van der Waals surface area contributed by atoms with Crippen molar-refractivity contribution in [1.29, 1.82) is 0 Å². The number of halogens is 2. The lowest BCUT2D eigenvalue weighted by molar-refractivity contribution is -0.134. The zero-order valence-electron chi connectivity index (χ0n) is 13.3. The van der Waals surface area contributed by atoms with Crippen molar-refractivity contribution in [2.24, 2.45) is 5.92 Å². The largest absolute Gasteiger partial charge is 0.344 e. The smallest absolute Gasteiger partial charge is 0.227 e. The normalized spacial score (nSPS) is 17.5. The zero-order chi connectivity index (χ0) is 14.4. The molecule has 8 heteroatoms. The van der Waals surface area contributed by atoms with E-state index in [9.17, 15) is 9.59 Å². The molecule has 1 rings (SSSR count). The molecule has 0 saturated carbocycles. The van der Waals surface area contributed by atoms with Crippen LogP contribution >= 0.6 is 24.8 Å². The molecule has 2 amide bonds. The quantitative estimate of drug-likeness (QED) is 0.703. The molecule has 0 radical (unpaired) electrons. The third kappa shape index (κ3) is 7.31. The maximum Gasteiger partial charge on any atom is 0.227 e. The predicted molar refractivity (Wildman–Crippen MR) is 89.3 cm³/mol. The van der Waals surface area contributed by atoms with Crippen LogP contribution in [0.25, 0.3) is 0 Å². The number of carbonyl (C=O) groups excluding carboxylic acids is 2. The molecule has 126 valence electrons. The van der Waals surface area contributed by atoms with Crippen LogP contribution < -0.4 is 5.32 Å². The number of carbonyl (C=O) groups is 2. The Hall–Kier alpha value is -0.560. The van der Waals surface area contributed by atoms with Gasteiger partial charge in [0, 0.05) is 46.2 Å². The molecule has 21 heavy (non-hydrogen) atoms. The van der Waals surface area contributed by atoms with Gasteiger partial charge in [-0.15, -0.1) is 24.8 Å². The van der Waals surface area contributed by atoms with Crippen LogP contribution in [0.2, 0.25) is 0 Å². The lowest BCUT2D eigenvalue weighted by Gasteiger charge is -2.22. The second kappa shape index (κ2) is 11.1. The summed E-state index contributed by atoms with van der Waals surface area (Å²) in [5.41, 5.74) is 0. The summed E-state index contributed by atoms with van der Waals surface area (Å²) < 4.78 is 0. The summed E-state index contributed by atoms with van der Waals surface area (Å²) in [6.45, 7) is 3.55. The summed E-state index contributed by atoms with van der Waals surface area (Å²) in [4.78, 5) is 29.6. The Labute approximate surface area is 140 Å². The Morgan fingerprint density at radius 2 is 1.90 bits per heavy atom. The van der Waals surface area contributed by atoms with E-state index in [-0.39, 0.29) is 42.5 Å². The van der Waals surface area contributed by atoms with Crippen molar-refractivity contribution in [2.75, 3.05) is 60.9 Å². The van der Waals surface area contributed by atoms with E-state index in [1.54, 1.807) is 16.8 Å². The second-order valence-electron chi connectivity index (χ2n) is 5.41. The molecule has 1 aliphatic heterocycles. The van der Waals surface area contributed by atoms with Gasteiger partial charge in [-0.3, -0.25) is 9.59 Å². The molecule has 1 unspecified atom stereocenters. The van der Waals surface area contributed by atoms with Gasteiger partial charge in [0.1, 0.15) is 0 Å². The third-order valence-corrected chi connectivity index (χ3v) is 3.45. The molecule has 1 N–H and O–H groups in total. The molecule has 0 spiro atoms. The number of hydrogen-bond donors (Lipinski definition) is 1. The van der Waals surface area contributed by atoms with E-state index in [0.29, 0.717) is 26.1 Å². The molecule has 0 aromatic heterocycles. The molecular weight excluding hydrogens is 315 g/mol. The van der Waals surface area contributed by atoms with E-state index in [1.807, 2.05) is 26.0 Å². The Bertz CT molecular complexity index is 329. The SMILES string of the molecule is CNCCN(C)C(=O)C1CC(=O)N(CCN(C)C)C1.Cl.Cl. The fourth-order valence-electron chi connectivity index (χ4n) is 2.18. The summed E-state index contributed by atoms with van der Waals surface area (Å²) in [5, 5.41) is 3.02. The Balaban J connectivity index is 0. The molecular formula is C13H28Cl2N4O2. The zero-order valence-corrected chi connectivity index (χ0v) is 14.9. The average Bonchev–Trinajstić information content (AvgIpc) is 2.73. The lowest BCUT2D eigenvalue weighted by atomic mass is 10.1. The van der Waals surface area contributed by atoms with Crippen LogP contribution in [0.5, 0.6) is 0 Å². The van der Waals surface area contributed by atoms with E-state index < -0.39 is 0 Å². The van der Waals surface area contributed by atoms with Crippen LogP contribution in [0, 0.1) is 5.92 Å². The Morgan fingerprint density at radius 3 is 2.43 bits per heavy atom. The molecule has 1 saturated heterocycles. The topological polar surface area (TPSA) is 55.9 Å². The maximum atomic E-state index is 12.2. The number of hydrogen-bond acceptors (Lipinski definition) is 4. The fraction of sp³-hybridized carbons (Fsp3) is 0.846. The van der Waals surface area contributed by atoms with Crippen LogP contribution in [0.15, 0.2) is 0 Å². The van der Waals surface area contributed by atoms with Gasteiger partial charge in [0.05, 0.1) is 5.92 Å². The molecule has 1 fully saturated rings. The van der Waals surface area contributed by atoms with Gasteiger partial charge in [-0.2, -0.15) is 0 Å². The van der Waals surface area contributed by atoms with Gasteiger partial charge in [0.2, 0.25) is 11.8 Å². The number of nitrogens with one attached hydrogen (secondary N) is 1. The molecule has 6 nitrogen and oxygen atoms in total. The Kier molecular flexibility index (Phi) is 12.0. The number of nitrogens with zero attached hydrogens (tertiary/aromatic N) is 3. The summed E-state index contributed by atoms with van der Waals surface area (Å²) in [6.07, 6.45) is 0.357. The minimum absolute atomic E-state index is 0. The minimum atomic E-state index is -0.170. The summed E-state index contributed by atoms with van der Waals surface area (Å²) in [5.74, 6) is 0.00897. The van der Waals surface area contributed by atoms with Gasteiger partial charge in [-0.25, -0.2) is 0 Å². The monoisotopic (exact) mass is 342 g/mol. The molecule has 1 heterocycles. The highest BCUT2D eigenvalue weighted by molar-refractivity contribution is 5.89. The highest BCUT2D eigenvalue weighted by Crippen LogP contribution is 2.19. The number of rotatable bonds is 7. The van der Waals surface area contributed by atoms with Crippen LogP contribution in [0.3, 0.4) is 0 Å². The maximum absolute atomic E-state index is 12.2. The second-order valence-corrected chi connectivity index (χ2v) is 5.41. The van der Waals surface area contributed by atoms with Gasteiger partial charge in [0.15, 0.2) is 0 Å². The lowest BCUT2D eigenvalue weighted by Crippen LogP contribution is -2.38. The average molecular weight is 343 g/mol. The fourth-order valence-corrected chi connectivity index (χ4v) is 2.18. The van der Waals surface area contributed by atoms with E-state index in [2.05, 4.69) is 5.32 Å². The van der Waals surface area contributed by atoms with Crippen molar-refractivity contribution in [3.05, 3.63) is 0 Å². The first-order valence-corrected chi connectivity index (χ1v) is 6.77. The van der Waals surface area contributed by atoms with E-state index in [0.717, 1.165) is 13.1 Å². The van der Waals surface area contributed by atoms with Gasteiger partial charge < -0.3 is 20.0 Å². The van der Waals surface area contributed by atoms with Crippen LogP contribution in [0.1, 0.15) is 6.42 Å². The van der Waals surface area contributed by atoms with Crippen molar-refractivity contribution >= 4 is 36.6 Å². The van der Waals surface area contributed by atoms with Crippen molar-refractivity contribution < 1.29 is 9.59 Å². The summed E-state index contributed by atoms with van der Waals surface area (Å²) in [6, 6.07) is 0. The third-order valence-electron chi connectivity index (χ3n) is 3.45. The first-order chi connectivity index (χ1) is 8.95. The summed E-state index contributed by atoms with van der Waals surface area (Å²) >= 11 is 0. The minimum Gasteiger partial charge on any atom is -0.344 e. The van der Waals surface area contributed by atoms with Crippen molar-refractivity contribution in [3.8, 4) is 0 Å².